The number of hydrogen-bond acceptors (Lipinski definition) is 7. The van der Waals surface area contributed by atoms with Crippen molar-refractivity contribution in [2.75, 3.05) is 32.2 Å². The summed E-state index contributed by atoms with van der Waals surface area (Å²) in [4.78, 5) is 23.5. The van der Waals surface area contributed by atoms with Crippen molar-refractivity contribution in [3.63, 3.8) is 0 Å². The van der Waals surface area contributed by atoms with E-state index in [0.717, 1.165) is 32.4 Å². The molecule has 0 spiro atoms. The van der Waals surface area contributed by atoms with Crippen molar-refractivity contribution in [3.8, 4) is 5.75 Å². The van der Waals surface area contributed by atoms with Gasteiger partial charge >= 0.3 is 11.9 Å². The molecule has 0 amide bonds. The number of methoxy groups -OCH3 is 3. The monoisotopic (exact) mass is 411 g/mol. The molecule has 0 atom stereocenters. The van der Waals surface area contributed by atoms with Gasteiger partial charge in [0.25, 0.3) is 10.0 Å². The molecule has 0 aromatic heterocycles. The molecule has 0 saturated carbocycles. The van der Waals surface area contributed by atoms with Gasteiger partial charge in [-0.1, -0.05) is 12.1 Å². The Morgan fingerprint density at radius 3 is 2.29 bits per heavy atom. The molecule has 0 saturated heterocycles. The highest BCUT2D eigenvalue weighted by molar-refractivity contribution is 7.92. The first-order chi connectivity index (χ1) is 13.3. The van der Waals surface area contributed by atoms with Crippen LogP contribution in [0.25, 0.3) is 0 Å². The van der Waals surface area contributed by atoms with E-state index in [2.05, 4.69) is 9.47 Å². The van der Waals surface area contributed by atoms with Gasteiger partial charge in [-0.2, -0.15) is 0 Å². The number of halogens is 1. The number of esters is 2. The Morgan fingerprint density at radius 2 is 1.71 bits per heavy atom. The number of para-hydroxylation sites is 1. The minimum atomic E-state index is -4.44. The minimum absolute atomic E-state index is 0.0912. The second kappa shape index (κ2) is 8.70. The molecule has 8 nitrogen and oxygen atoms in total. The quantitative estimate of drug-likeness (QED) is 0.643. The standard InChI is InChI=1S/C18H18FNO7S/c1-25-16-9-8-12(10-14(16)19)28(23,24)20(11-17(21)26-2)15-7-5-4-6-13(15)18(22)27-3/h4-10H,11H2,1-3H3. The second-order valence-electron chi connectivity index (χ2n) is 5.39. The van der Waals surface area contributed by atoms with Gasteiger partial charge in [0, 0.05) is 0 Å². The first-order valence-corrected chi connectivity index (χ1v) is 9.30. The van der Waals surface area contributed by atoms with Crippen LogP contribution in [0.4, 0.5) is 10.1 Å². The highest BCUT2D eigenvalue weighted by Crippen LogP contribution is 2.29. The van der Waals surface area contributed by atoms with Gasteiger partial charge in [-0.05, 0) is 30.3 Å². The molecule has 0 aliphatic carbocycles. The zero-order chi connectivity index (χ0) is 20.9. The summed E-state index contributed by atoms with van der Waals surface area (Å²) in [7, 11) is -0.977. The Kier molecular flexibility index (Phi) is 6.57. The molecule has 0 radical (unpaired) electrons. The van der Waals surface area contributed by atoms with E-state index in [-0.39, 0.29) is 17.0 Å². The third kappa shape index (κ3) is 4.22. The molecular weight excluding hydrogens is 393 g/mol. The van der Waals surface area contributed by atoms with Crippen LogP contribution in [0.2, 0.25) is 0 Å². The summed E-state index contributed by atoms with van der Waals surface area (Å²) in [5.41, 5.74) is -0.206. The molecule has 2 aromatic carbocycles. The van der Waals surface area contributed by atoms with E-state index in [9.17, 15) is 22.4 Å². The van der Waals surface area contributed by atoms with Crippen LogP contribution in [0.3, 0.4) is 0 Å². The van der Waals surface area contributed by atoms with Crippen LogP contribution in [-0.4, -0.2) is 48.2 Å². The van der Waals surface area contributed by atoms with Gasteiger partial charge in [-0.25, -0.2) is 17.6 Å². The third-order valence-electron chi connectivity index (χ3n) is 3.79. The van der Waals surface area contributed by atoms with E-state index in [1.165, 1.54) is 31.4 Å². The second-order valence-corrected chi connectivity index (χ2v) is 7.26. The molecule has 10 heteroatoms. The van der Waals surface area contributed by atoms with Gasteiger partial charge in [0.2, 0.25) is 0 Å². The first-order valence-electron chi connectivity index (χ1n) is 7.86. The Bertz CT molecular complexity index is 991. The Morgan fingerprint density at radius 1 is 1.04 bits per heavy atom. The van der Waals surface area contributed by atoms with Crippen LogP contribution in [-0.2, 0) is 24.3 Å². The fraction of sp³-hybridized carbons (Fsp3) is 0.222. The fourth-order valence-corrected chi connectivity index (χ4v) is 3.83. The number of rotatable bonds is 7. The maximum atomic E-state index is 14.1. The number of benzene rings is 2. The molecule has 150 valence electrons. The third-order valence-corrected chi connectivity index (χ3v) is 5.55. The fourth-order valence-electron chi connectivity index (χ4n) is 2.39. The van der Waals surface area contributed by atoms with Gasteiger partial charge < -0.3 is 14.2 Å². The lowest BCUT2D eigenvalue weighted by Gasteiger charge is -2.25. The maximum absolute atomic E-state index is 14.1. The van der Waals surface area contributed by atoms with Crippen LogP contribution in [0, 0.1) is 5.82 Å². The number of carbonyl (C=O) groups excluding carboxylic acids is 2. The zero-order valence-electron chi connectivity index (χ0n) is 15.3. The summed E-state index contributed by atoms with van der Waals surface area (Å²) in [6, 6.07) is 8.69. The summed E-state index contributed by atoms with van der Waals surface area (Å²) in [5, 5.41) is 0. The molecule has 0 aliphatic rings. The highest BCUT2D eigenvalue weighted by atomic mass is 32.2. The van der Waals surface area contributed by atoms with Crippen LogP contribution in [0.1, 0.15) is 10.4 Å². The number of ether oxygens (including phenoxy) is 3. The smallest absolute Gasteiger partial charge is 0.340 e. The lowest BCUT2D eigenvalue weighted by atomic mass is 10.2. The number of nitrogens with zero attached hydrogens (tertiary/aromatic N) is 1. The lowest BCUT2D eigenvalue weighted by Crippen LogP contribution is -2.37. The predicted octanol–water partition coefficient (Wildman–Crippen LogP) is 1.99. The van der Waals surface area contributed by atoms with Gasteiger partial charge in [0.05, 0.1) is 37.5 Å². The number of sulfonamides is 1. The van der Waals surface area contributed by atoms with Gasteiger partial charge in [-0.15, -0.1) is 0 Å². The van der Waals surface area contributed by atoms with Crippen LogP contribution < -0.4 is 9.04 Å². The molecule has 0 bridgehead atoms. The van der Waals surface area contributed by atoms with Crippen molar-refractivity contribution in [1.82, 2.24) is 0 Å². The van der Waals surface area contributed by atoms with Crippen molar-refractivity contribution >= 4 is 27.6 Å². The van der Waals surface area contributed by atoms with E-state index < -0.39 is 39.2 Å². The molecule has 0 N–H and O–H groups in total. The molecule has 0 aliphatic heterocycles. The molecular formula is C18H18FNO7S. The summed E-state index contributed by atoms with van der Waals surface area (Å²) in [6.07, 6.45) is 0. The summed E-state index contributed by atoms with van der Waals surface area (Å²) in [5.74, 6) is -2.73. The van der Waals surface area contributed by atoms with E-state index in [1.54, 1.807) is 0 Å². The van der Waals surface area contributed by atoms with Crippen molar-refractivity contribution in [1.29, 1.82) is 0 Å². The van der Waals surface area contributed by atoms with E-state index >= 15 is 0 Å². The van der Waals surface area contributed by atoms with Crippen molar-refractivity contribution in [2.24, 2.45) is 0 Å². The van der Waals surface area contributed by atoms with Gasteiger partial charge in [0.15, 0.2) is 11.6 Å². The topological polar surface area (TPSA) is 99.2 Å². The first kappa shape index (κ1) is 21.2. The van der Waals surface area contributed by atoms with E-state index in [1.807, 2.05) is 0 Å². The van der Waals surface area contributed by atoms with Crippen molar-refractivity contribution in [3.05, 3.63) is 53.8 Å². The molecule has 2 rings (SSSR count). The maximum Gasteiger partial charge on any atom is 0.340 e. The molecule has 0 unspecified atom stereocenters. The molecule has 0 heterocycles. The van der Waals surface area contributed by atoms with Gasteiger partial charge in [-0.3, -0.25) is 9.10 Å². The van der Waals surface area contributed by atoms with Crippen molar-refractivity contribution in [2.45, 2.75) is 4.90 Å². The molecule has 2 aromatic rings. The van der Waals surface area contributed by atoms with Crippen LogP contribution in [0.5, 0.6) is 5.75 Å². The summed E-state index contributed by atoms with van der Waals surface area (Å²) >= 11 is 0. The van der Waals surface area contributed by atoms with E-state index in [4.69, 9.17) is 4.74 Å². The van der Waals surface area contributed by atoms with Gasteiger partial charge in [0.1, 0.15) is 6.54 Å². The summed E-state index contributed by atoms with van der Waals surface area (Å²) < 4.78 is 55.1. The Hall–Kier alpha value is -3.14. The average molecular weight is 411 g/mol. The minimum Gasteiger partial charge on any atom is -0.494 e. The predicted molar refractivity (Wildman–Crippen MR) is 97.3 cm³/mol. The largest absolute Gasteiger partial charge is 0.494 e. The molecule has 28 heavy (non-hydrogen) atoms. The average Bonchev–Trinajstić information content (AvgIpc) is 2.70. The highest BCUT2D eigenvalue weighted by Gasteiger charge is 2.31. The normalized spacial score (nSPS) is 10.9. The van der Waals surface area contributed by atoms with Crippen LogP contribution >= 0.6 is 0 Å². The zero-order valence-corrected chi connectivity index (χ0v) is 16.2. The van der Waals surface area contributed by atoms with Crippen molar-refractivity contribution < 1.29 is 36.6 Å². The van der Waals surface area contributed by atoms with Crippen LogP contribution in [0.15, 0.2) is 47.4 Å². The molecule has 0 fully saturated rings. The Balaban J connectivity index is 2.66. The SMILES string of the molecule is COC(=O)CN(c1ccccc1C(=O)OC)S(=O)(=O)c1ccc(OC)c(F)c1. The summed E-state index contributed by atoms with van der Waals surface area (Å²) in [6.45, 7) is -0.736. The number of anilines is 1. The Labute approximate surface area is 161 Å². The number of hydrogen-bond donors (Lipinski definition) is 0. The number of carbonyl (C=O) groups is 2. The van der Waals surface area contributed by atoms with E-state index in [0.29, 0.717) is 4.31 Å². The lowest BCUT2D eigenvalue weighted by molar-refractivity contribution is -0.138.